The minimum atomic E-state index is -0.981. The fourth-order valence-corrected chi connectivity index (χ4v) is 13.1. The fraction of sp³-hybridized carbons (Fsp3) is 0.308. The average molecular weight is 589 g/mol. The molecule has 0 radical (unpaired) electrons. The number of rotatable bonds is 7. The van der Waals surface area contributed by atoms with Crippen LogP contribution in [0.15, 0.2) is 74.4 Å². The van der Waals surface area contributed by atoms with Crippen LogP contribution in [0.3, 0.4) is 0 Å². The fourth-order valence-electron chi connectivity index (χ4n) is 4.22. The van der Waals surface area contributed by atoms with E-state index in [9.17, 15) is 0 Å². The Morgan fingerprint density at radius 3 is 2.50 bits per heavy atom. The zero-order valence-electron chi connectivity index (χ0n) is 17.9. The van der Waals surface area contributed by atoms with Crippen molar-refractivity contribution in [1.82, 2.24) is 0 Å². The van der Waals surface area contributed by atoms with Gasteiger partial charge in [-0.05, 0) is 0 Å². The van der Waals surface area contributed by atoms with E-state index in [0.717, 1.165) is 12.3 Å². The van der Waals surface area contributed by atoms with E-state index in [4.69, 9.17) is 0 Å². The topological polar surface area (TPSA) is 0 Å². The van der Waals surface area contributed by atoms with Gasteiger partial charge in [0.2, 0.25) is 0 Å². The minimum Gasteiger partial charge on any atom is -1.00 e. The summed E-state index contributed by atoms with van der Waals surface area (Å²) in [7, 11) is 0.813. The predicted octanol–water partition coefficient (Wildman–Crippen LogP) is 1.28. The van der Waals surface area contributed by atoms with Gasteiger partial charge in [0.25, 0.3) is 0 Å². The van der Waals surface area contributed by atoms with Gasteiger partial charge in [0.1, 0.15) is 0 Å². The normalized spacial score (nSPS) is 17.2. The van der Waals surface area contributed by atoms with Crippen molar-refractivity contribution in [3.63, 3.8) is 0 Å². The summed E-state index contributed by atoms with van der Waals surface area (Å²) in [5, 5.41) is 3.22. The molecular weight excluding hydrogens is 560 g/mol. The first-order valence-corrected chi connectivity index (χ1v) is 15.3. The first-order valence-electron chi connectivity index (χ1n) is 10.5. The molecule has 0 aliphatic heterocycles. The molecule has 2 aliphatic rings. The first kappa shape index (κ1) is 25.1. The second-order valence-electron chi connectivity index (χ2n) is 7.90. The molecule has 0 spiro atoms. The molecule has 0 amide bonds. The maximum absolute atomic E-state index is 2.53. The summed E-state index contributed by atoms with van der Waals surface area (Å²) >= 11 is -0.981. The third-order valence-corrected chi connectivity index (χ3v) is 14.8. The molecule has 30 heavy (non-hydrogen) atoms. The minimum absolute atomic E-state index is 0. The molecule has 0 aromatic heterocycles. The number of halogens is 2. The van der Waals surface area contributed by atoms with Gasteiger partial charge in [-0.3, -0.25) is 0 Å². The summed E-state index contributed by atoms with van der Waals surface area (Å²) in [5.74, 6) is 0. The molecule has 0 fully saturated rings. The molecule has 0 nitrogen and oxygen atoms in total. The van der Waals surface area contributed by atoms with Crippen molar-refractivity contribution >= 4 is 20.0 Å². The Balaban J connectivity index is 0.00000160. The van der Waals surface area contributed by atoms with Crippen molar-refractivity contribution in [3.8, 4) is 0 Å². The van der Waals surface area contributed by atoms with Crippen LogP contribution >= 0.6 is 8.58 Å². The molecule has 2 atom stereocenters. The van der Waals surface area contributed by atoms with E-state index in [1.807, 2.05) is 3.33 Å². The smallest absolute Gasteiger partial charge is 1.00 e. The molecule has 2 aliphatic carbocycles. The van der Waals surface area contributed by atoms with E-state index < -0.39 is 22.9 Å². The van der Waals surface area contributed by atoms with Gasteiger partial charge in [-0.2, -0.15) is 0 Å². The number of allylic oxidation sites excluding steroid dienone is 5. The van der Waals surface area contributed by atoms with Crippen molar-refractivity contribution in [2.45, 2.75) is 50.1 Å². The van der Waals surface area contributed by atoms with Gasteiger partial charge in [-0.15, -0.1) is 0 Å². The molecule has 0 bridgehead atoms. The first-order chi connectivity index (χ1) is 13.7. The van der Waals surface area contributed by atoms with E-state index in [-0.39, 0.29) is 9.41 Å². The Labute approximate surface area is 192 Å². The van der Waals surface area contributed by atoms with Crippen molar-refractivity contribution in [2.75, 3.05) is 0 Å². The number of aryl methyl sites for hydroxylation is 1. The van der Waals surface area contributed by atoms with Gasteiger partial charge < -0.3 is 9.41 Å². The quantitative estimate of drug-likeness (QED) is 0.338. The molecule has 2 aromatic carbocycles. The number of fused-ring (bicyclic) bond motifs is 1. The van der Waals surface area contributed by atoms with Crippen LogP contribution < -0.4 is 14.7 Å². The third-order valence-electron chi connectivity index (χ3n) is 5.90. The molecule has 0 N–H and O–H groups in total. The summed E-state index contributed by atoms with van der Waals surface area (Å²) in [4.78, 5) is 0. The van der Waals surface area contributed by atoms with E-state index in [1.165, 1.54) is 42.1 Å². The molecule has 4 heteroatoms. The molecule has 2 aromatic rings. The van der Waals surface area contributed by atoms with Crippen LogP contribution in [0.1, 0.15) is 59.9 Å². The average Bonchev–Trinajstić information content (AvgIpc) is 3.23. The van der Waals surface area contributed by atoms with Crippen LogP contribution in [0, 0.1) is 6.92 Å². The van der Waals surface area contributed by atoms with Crippen LogP contribution in [-0.4, -0.2) is 0 Å². The van der Waals surface area contributed by atoms with Gasteiger partial charge in [0.15, 0.2) is 0 Å². The number of hydrogen-bond acceptors (Lipinski definition) is 0. The Morgan fingerprint density at radius 2 is 1.73 bits per heavy atom. The maximum atomic E-state index is 2.53. The Bertz CT molecular complexity index is 975. The summed E-state index contributed by atoms with van der Waals surface area (Å²) in [6.07, 6.45) is 10.2. The summed E-state index contributed by atoms with van der Waals surface area (Å²) in [6, 6.07) is 18.1. The van der Waals surface area contributed by atoms with Gasteiger partial charge >= 0.3 is 184 Å². The van der Waals surface area contributed by atoms with Crippen LogP contribution in [-0.2, 0) is 22.9 Å². The maximum Gasteiger partial charge on any atom is -1.00 e. The molecule has 4 rings (SSSR count). The molecule has 0 heterocycles. The Morgan fingerprint density at radius 1 is 1.00 bits per heavy atom. The SMILES string of the molecule is CCCCC1=[C]([Hf+2][CH]2C(Pc3ccccc3C)=Cc3ccccc32)CC=C1C.[F-].[F-]. The third kappa shape index (κ3) is 5.35. The molecule has 2 unspecified atom stereocenters. The van der Waals surface area contributed by atoms with Gasteiger partial charge in [0.05, 0.1) is 0 Å². The predicted molar refractivity (Wildman–Crippen MR) is 121 cm³/mol. The van der Waals surface area contributed by atoms with Crippen molar-refractivity contribution in [2.24, 2.45) is 0 Å². The summed E-state index contributed by atoms with van der Waals surface area (Å²) in [5.41, 5.74) is 7.86. The standard InChI is InChI=1S/C16H14P.C10H15.2FH.Hf/c1-12-6-2-5-9-16(12)17-15-10-13-7-3-4-8-14(13)11-15;1-3-4-7-10-8-5-6-9(10)2;;;/h2-11,17H,1H3;6H,3-5,7H2,1-2H3;2*1H;/q;;;;+2/p-2. The van der Waals surface area contributed by atoms with Crippen LogP contribution in [0.4, 0.5) is 0 Å². The summed E-state index contributed by atoms with van der Waals surface area (Å²) < 4.78 is 2.62. The molecule has 0 saturated carbocycles. The number of unbranched alkanes of at least 4 members (excludes halogenated alkanes) is 1. The molecule has 0 saturated heterocycles. The Kier molecular flexibility index (Phi) is 9.57. The zero-order chi connectivity index (χ0) is 19.5. The van der Waals surface area contributed by atoms with Gasteiger partial charge in [-0.25, -0.2) is 0 Å². The van der Waals surface area contributed by atoms with Crippen molar-refractivity contribution < 1.29 is 32.3 Å². The van der Waals surface area contributed by atoms with Crippen LogP contribution in [0.5, 0.6) is 0 Å². The zero-order valence-corrected chi connectivity index (χ0v) is 22.5. The second-order valence-corrected chi connectivity index (χ2v) is 14.5. The molecular formula is C26H29F2HfP. The van der Waals surface area contributed by atoms with E-state index in [1.54, 1.807) is 22.0 Å². The van der Waals surface area contributed by atoms with E-state index >= 15 is 0 Å². The summed E-state index contributed by atoms with van der Waals surface area (Å²) in [6.45, 7) is 6.92. The second kappa shape index (κ2) is 11.4. The monoisotopic (exact) mass is 590 g/mol. The van der Waals surface area contributed by atoms with Crippen molar-refractivity contribution in [3.05, 3.63) is 91.1 Å². The van der Waals surface area contributed by atoms with Crippen LogP contribution in [0.2, 0.25) is 0 Å². The number of hydrogen-bond donors (Lipinski definition) is 0. The van der Waals surface area contributed by atoms with Gasteiger partial charge in [0, 0.05) is 0 Å². The van der Waals surface area contributed by atoms with E-state index in [0.29, 0.717) is 0 Å². The van der Waals surface area contributed by atoms with Crippen molar-refractivity contribution in [1.29, 1.82) is 0 Å². The van der Waals surface area contributed by atoms with E-state index in [2.05, 4.69) is 81.5 Å². The molecule has 156 valence electrons. The van der Waals surface area contributed by atoms with Crippen LogP contribution in [0.25, 0.3) is 6.08 Å². The van der Waals surface area contributed by atoms with Gasteiger partial charge in [-0.1, -0.05) is 0 Å². The largest absolute Gasteiger partial charge is 1.00 e. The number of benzene rings is 2. The Hall–Kier alpha value is -1.18.